The zero-order valence-electron chi connectivity index (χ0n) is 15.8. The first kappa shape index (κ1) is 18.4. The third-order valence-corrected chi connectivity index (χ3v) is 5.86. The van der Waals surface area contributed by atoms with Crippen LogP contribution in [-0.4, -0.2) is 36.8 Å². The second-order valence-electron chi connectivity index (χ2n) is 8.12. The summed E-state index contributed by atoms with van der Waals surface area (Å²) in [6.45, 7) is 1.20. The summed E-state index contributed by atoms with van der Waals surface area (Å²) in [5, 5.41) is 10.5. The molecule has 2 heteroatoms. The van der Waals surface area contributed by atoms with Crippen molar-refractivity contribution in [2.45, 2.75) is 44.6 Å². The standard InChI is InChI=1S/C23H33NO/c1-24(2)14-8-4-7-11-19-15-20-17-23(25)21(22(20)16-19)13-12-18-9-5-3-6-10-18/h3,5-6,9-10,12-13,15,20-23,25H,4,7-8,11,14,16-17H2,1-2H3/t20-,21+,22-,23+/m0/s1. The second-order valence-corrected chi connectivity index (χ2v) is 8.12. The summed E-state index contributed by atoms with van der Waals surface area (Å²) >= 11 is 0. The highest BCUT2D eigenvalue weighted by Gasteiger charge is 2.43. The number of aliphatic hydroxyl groups excluding tert-OH is 1. The minimum atomic E-state index is -0.173. The summed E-state index contributed by atoms with van der Waals surface area (Å²) in [6.07, 6.45) is 14.1. The van der Waals surface area contributed by atoms with Crippen LogP contribution in [0.15, 0.2) is 48.1 Å². The van der Waals surface area contributed by atoms with Crippen LogP contribution in [0.4, 0.5) is 0 Å². The van der Waals surface area contributed by atoms with Gasteiger partial charge in [-0.2, -0.15) is 0 Å². The number of hydrogen-bond donors (Lipinski definition) is 1. The van der Waals surface area contributed by atoms with Crippen LogP contribution in [0.25, 0.3) is 6.08 Å². The maximum absolute atomic E-state index is 10.5. The van der Waals surface area contributed by atoms with E-state index in [1.54, 1.807) is 5.57 Å². The Bertz CT molecular complexity index is 589. The number of aliphatic hydroxyl groups is 1. The molecule has 2 aliphatic carbocycles. The molecule has 2 nitrogen and oxygen atoms in total. The van der Waals surface area contributed by atoms with Gasteiger partial charge in [-0.15, -0.1) is 0 Å². The highest BCUT2D eigenvalue weighted by molar-refractivity contribution is 5.49. The van der Waals surface area contributed by atoms with Crippen molar-refractivity contribution in [3.8, 4) is 0 Å². The molecule has 0 aromatic heterocycles. The van der Waals surface area contributed by atoms with E-state index < -0.39 is 0 Å². The summed E-state index contributed by atoms with van der Waals surface area (Å²) < 4.78 is 0. The molecule has 0 saturated heterocycles. The molecule has 1 N–H and O–H groups in total. The van der Waals surface area contributed by atoms with Crippen molar-refractivity contribution in [1.82, 2.24) is 4.90 Å². The smallest absolute Gasteiger partial charge is 0.0611 e. The van der Waals surface area contributed by atoms with Crippen molar-refractivity contribution in [2.75, 3.05) is 20.6 Å². The molecular weight excluding hydrogens is 306 g/mol. The minimum Gasteiger partial charge on any atom is -0.392 e. The molecule has 1 saturated carbocycles. The fraction of sp³-hybridized carbons (Fsp3) is 0.565. The van der Waals surface area contributed by atoms with Crippen molar-refractivity contribution in [2.24, 2.45) is 17.8 Å². The predicted octanol–water partition coefficient (Wildman–Crippen LogP) is 4.77. The summed E-state index contributed by atoms with van der Waals surface area (Å²) in [6, 6.07) is 10.4. The van der Waals surface area contributed by atoms with Crippen molar-refractivity contribution in [3.05, 3.63) is 53.6 Å². The quantitative estimate of drug-likeness (QED) is 0.545. The first-order valence-electron chi connectivity index (χ1n) is 9.89. The van der Waals surface area contributed by atoms with Crippen LogP contribution in [0.5, 0.6) is 0 Å². The molecule has 1 aromatic rings. The van der Waals surface area contributed by atoms with E-state index in [1.165, 1.54) is 44.2 Å². The van der Waals surface area contributed by atoms with Gasteiger partial charge in [0, 0.05) is 5.92 Å². The fourth-order valence-corrected chi connectivity index (χ4v) is 4.53. The second kappa shape index (κ2) is 8.82. The SMILES string of the molecule is CN(C)CCCCCC1=C[C@H]2C[C@@H](O)[C@H](C=Cc3ccccc3)[C@H]2C1. The van der Waals surface area contributed by atoms with E-state index in [9.17, 15) is 5.11 Å². The van der Waals surface area contributed by atoms with Crippen LogP contribution >= 0.6 is 0 Å². The molecule has 0 unspecified atom stereocenters. The number of hydrogen-bond acceptors (Lipinski definition) is 2. The fourth-order valence-electron chi connectivity index (χ4n) is 4.53. The van der Waals surface area contributed by atoms with Crippen LogP contribution in [0, 0.1) is 17.8 Å². The predicted molar refractivity (Wildman–Crippen MR) is 106 cm³/mol. The van der Waals surface area contributed by atoms with Crippen LogP contribution in [0.3, 0.4) is 0 Å². The van der Waals surface area contributed by atoms with Crippen LogP contribution in [-0.2, 0) is 0 Å². The average molecular weight is 340 g/mol. The molecule has 0 bridgehead atoms. The number of rotatable bonds is 8. The molecule has 0 spiro atoms. The van der Waals surface area contributed by atoms with E-state index in [1.807, 2.05) is 6.07 Å². The molecule has 1 aromatic carbocycles. The number of unbranched alkanes of at least 4 members (excludes halogenated alkanes) is 2. The van der Waals surface area contributed by atoms with Gasteiger partial charge in [0.1, 0.15) is 0 Å². The lowest BCUT2D eigenvalue weighted by atomic mass is 9.88. The van der Waals surface area contributed by atoms with E-state index in [2.05, 4.69) is 61.5 Å². The zero-order chi connectivity index (χ0) is 17.6. The van der Waals surface area contributed by atoms with Gasteiger partial charge in [-0.25, -0.2) is 0 Å². The Balaban J connectivity index is 1.49. The zero-order valence-corrected chi connectivity index (χ0v) is 15.8. The number of allylic oxidation sites excluding steroid dienone is 2. The van der Waals surface area contributed by atoms with Gasteiger partial charge in [0.25, 0.3) is 0 Å². The van der Waals surface area contributed by atoms with E-state index in [0.29, 0.717) is 17.8 Å². The monoisotopic (exact) mass is 339 g/mol. The number of nitrogens with zero attached hydrogens (tertiary/aromatic N) is 1. The Hall–Kier alpha value is -1.38. The van der Waals surface area contributed by atoms with Crippen molar-refractivity contribution in [3.63, 3.8) is 0 Å². The number of benzene rings is 1. The van der Waals surface area contributed by atoms with Gasteiger partial charge in [0.15, 0.2) is 0 Å². The lowest BCUT2D eigenvalue weighted by molar-refractivity contribution is 0.141. The number of fused-ring (bicyclic) bond motifs is 1. The summed E-state index contributed by atoms with van der Waals surface area (Å²) in [7, 11) is 4.30. The van der Waals surface area contributed by atoms with Gasteiger partial charge >= 0.3 is 0 Å². The van der Waals surface area contributed by atoms with Gasteiger partial charge in [-0.05, 0) is 70.1 Å². The Labute approximate surface area is 153 Å². The molecule has 1 fully saturated rings. The highest BCUT2D eigenvalue weighted by atomic mass is 16.3. The van der Waals surface area contributed by atoms with Gasteiger partial charge in [-0.3, -0.25) is 0 Å². The van der Waals surface area contributed by atoms with Crippen molar-refractivity contribution < 1.29 is 5.11 Å². The minimum absolute atomic E-state index is 0.173. The molecule has 0 radical (unpaired) electrons. The Morgan fingerprint density at radius 2 is 1.92 bits per heavy atom. The summed E-state index contributed by atoms with van der Waals surface area (Å²) in [5.74, 6) is 1.52. The molecule has 4 atom stereocenters. The molecule has 25 heavy (non-hydrogen) atoms. The molecule has 2 aliphatic rings. The van der Waals surface area contributed by atoms with Gasteiger partial charge < -0.3 is 10.0 Å². The molecule has 0 heterocycles. The molecule has 136 valence electrons. The van der Waals surface area contributed by atoms with Gasteiger partial charge in [0.05, 0.1) is 6.10 Å². The lowest BCUT2D eigenvalue weighted by Crippen LogP contribution is -2.16. The average Bonchev–Trinajstić information content (AvgIpc) is 3.10. The first-order chi connectivity index (χ1) is 12.1. The van der Waals surface area contributed by atoms with E-state index >= 15 is 0 Å². The van der Waals surface area contributed by atoms with Crippen molar-refractivity contribution in [1.29, 1.82) is 0 Å². The Morgan fingerprint density at radius 3 is 2.68 bits per heavy atom. The Kier molecular flexibility index (Phi) is 6.50. The van der Waals surface area contributed by atoms with Gasteiger partial charge in [0.2, 0.25) is 0 Å². The van der Waals surface area contributed by atoms with Gasteiger partial charge in [-0.1, -0.05) is 60.6 Å². The van der Waals surface area contributed by atoms with E-state index in [-0.39, 0.29) is 6.10 Å². The van der Waals surface area contributed by atoms with Crippen LogP contribution in [0.1, 0.15) is 44.1 Å². The molecule has 0 aliphatic heterocycles. The third-order valence-electron chi connectivity index (χ3n) is 5.86. The highest BCUT2D eigenvalue weighted by Crippen LogP contribution is 2.48. The molecule has 0 amide bonds. The third kappa shape index (κ3) is 5.05. The summed E-state index contributed by atoms with van der Waals surface area (Å²) in [4.78, 5) is 2.27. The molecular formula is C23H33NO. The maximum atomic E-state index is 10.5. The van der Waals surface area contributed by atoms with E-state index in [0.717, 1.165) is 6.42 Å². The van der Waals surface area contributed by atoms with Crippen LogP contribution < -0.4 is 0 Å². The molecule has 3 rings (SSSR count). The normalized spacial score (nSPS) is 28.7. The van der Waals surface area contributed by atoms with Crippen LogP contribution in [0.2, 0.25) is 0 Å². The first-order valence-corrected chi connectivity index (χ1v) is 9.89. The van der Waals surface area contributed by atoms with E-state index in [4.69, 9.17) is 0 Å². The largest absolute Gasteiger partial charge is 0.392 e. The maximum Gasteiger partial charge on any atom is 0.0611 e. The van der Waals surface area contributed by atoms with Crippen molar-refractivity contribution >= 4 is 6.08 Å². The Morgan fingerprint density at radius 1 is 1.12 bits per heavy atom. The topological polar surface area (TPSA) is 23.5 Å². The summed E-state index contributed by atoms with van der Waals surface area (Å²) in [5.41, 5.74) is 2.87. The lowest BCUT2D eigenvalue weighted by Gasteiger charge is -2.18.